The van der Waals surface area contributed by atoms with E-state index in [9.17, 15) is 0 Å². The topological polar surface area (TPSA) is 30.7 Å². The molecule has 3 aromatic rings. The maximum Gasteiger partial charge on any atom is 0.168 e. The molecule has 0 aliphatic rings. The SMILES string of the molecule is Cn1c(CCl)cnc1SCc1ccnc2ccccc12. The highest BCUT2D eigenvalue weighted by molar-refractivity contribution is 7.98. The highest BCUT2D eigenvalue weighted by Crippen LogP contribution is 2.26. The number of hydrogen-bond donors (Lipinski definition) is 0. The van der Waals surface area contributed by atoms with Crippen molar-refractivity contribution in [2.75, 3.05) is 0 Å². The van der Waals surface area contributed by atoms with Gasteiger partial charge in [0.05, 0.1) is 23.3 Å². The summed E-state index contributed by atoms with van der Waals surface area (Å²) in [5.41, 5.74) is 3.34. The van der Waals surface area contributed by atoms with Gasteiger partial charge in [0.1, 0.15) is 0 Å². The Morgan fingerprint density at radius 1 is 1.20 bits per heavy atom. The van der Waals surface area contributed by atoms with E-state index in [0.717, 1.165) is 22.1 Å². The molecule has 0 bridgehead atoms. The minimum absolute atomic E-state index is 0.488. The Bertz CT molecular complexity index is 734. The Hall–Kier alpha value is -1.52. The van der Waals surface area contributed by atoms with Crippen LogP contribution in [0.15, 0.2) is 47.9 Å². The predicted molar refractivity (Wildman–Crippen MR) is 84.1 cm³/mol. The van der Waals surface area contributed by atoms with E-state index in [4.69, 9.17) is 11.6 Å². The van der Waals surface area contributed by atoms with Gasteiger partial charge in [-0.05, 0) is 17.7 Å². The summed E-state index contributed by atoms with van der Waals surface area (Å²) >= 11 is 7.58. The fraction of sp³-hybridized carbons (Fsp3) is 0.200. The van der Waals surface area contributed by atoms with Crippen LogP contribution in [0.25, 0.3) is 10.9 Å². The first-order valence-electron chi connectivity index (χ1n) is 6.31. The molecule has 0 N–H and O–H groups in total. The molecule has 0 unspecified atom stereocenters. The maximum absolute atomic E-state index is 5.86. The molecule has 0 radical (unpaired) electrons. The van der Waals surface area contributed by atoms with Crippen molar-refractivity contribution in [2.45, 2.75) is 16.8 Å². The average Bonchev–Trinajstić information content (AvgIpc) is 2.85. The van der Waals surface area contributed by atoms with E-state index in [-0.39, 0.29) is 0 Å². The van der Waals surface area contributed by atoms with E-state index in [1.54, 1.807) is 11.8 Å². The summed E-state index contributed by atoms with van der Waals surface area (Å²) in [5, 5.41) is 2.19. The Balaban J connectivity index is 1.85. The molecule has 3 rings (SSSR count). The molecule has 0 aliphatic heterocycles. The first-order chi connectivity index (χ1) is 9.79. The smallest absolute Gasteiger partial charge is 0.168 e. The van der Waals surface area contributed by atoms with Crippen molar-refractivity contribution in [1.82, 2.24) is 14.5 Å². The number of aromatic nitrogens is 3. The third-order valence-corrected chi connectivity index (χ3v) is 4.64. The van der Waals surface area contributed by atoms with Crippen molar-refractivity contribution < 1.29 is 0 Å². The van der Waals surface area contributed by atoms with Crippen molar-refractivity contribution in [3.05, 3.63) is 54.0 Å². The number of para-hydroxylation sites is 1. The minimum atomic E-state index is 0.488. The molecule has 2 aromatic heterocycles. The second-order valence-electron chi connectivity index (χ2n) is 4.50. The molecule has 0 saturated carbocycles. The standard InChI is InChI=1S/C15H14ClN3S/c1-19-12(8-16)9-18-15(19)20-10-11-6-7-17-14-5-3-2-4-13(11)14/h2-7,9H,8,10H2,1H3. The van der Waals surface area contributed by atoms with Crippen molar-refractivity contribution in [1.29, 1.82) is 0 Å². The van der Waals surface area contributed by atoms with Crippen LogP contribution < -0.4 is 0 Å². The minimum Gasteiger partial charge on any atom is -0.325 e. The number of rotatable bonds is 4. The van der Waals surface area contributed by atoms with E-state index in [1.165, 1.54) is 10.9 Å². The van der Waals surface area contributed by atoms with Crippen molar-refractivity contribution in [2.24, 2.45) is 7.05 Å². The van der Waals surface area contributed by atoms with Gasteiger partial charge >= 0.3 is 0 Å². The number of hydrogen-bond acceptors (Lipinski definition) is 3. The van der Waals surface area contributed by atoms with Gasteiger partial charge in [-0.2, -0.15) is 0 Å². The van der Waals surface area contributed by atoms with E-state index in [0.29, 0.717) is 5.88 Å². The molecular weight excluding hydrogens is 290 g/mol. The zero-order valence-corrected chi connectivity index (χ0v) is 12.7. The van der Waals surface area contributed by atoms with Gasteiger partial charge in [0, 0.05) is 24.4 Å². The third-order valence-electron chi connectivity index (χ3n) is 3.27. The van der Waals surface area contributed by atoms with Gasteiger partial charge in [0.25, 0.3) is 0 Å². The fourth-order valence-corrected chi connectivity index (χ4v) is 3.33. The predicted octanol–water partition coefficient (Wildman–Crippen LogP) is 4.00. The summed E-state index contributed by atoms with van der Waals surface area (Å²) in [6, 6.07) is 10.3. The van der Waals surface area contributed by atoms with E-state index < -0.39 is 0 Å². The molecule has 1 aromatic carbocycles. The summed E-state index contributed by atoms with van der Waals surface area (Å²) in [5.74, 6) is 1.36. The second-order valence-corrected chi connectivity index (χ2v) is 5.71. The number of fused-ring (bicyclic) bond motifs is 1. The summed E-state index contributed by atoms with van der Waals surface area (Å²) < 4.78 is 2.04. The normalized spacial score (nSPS) is 11.1. The monoisotopic (exact) mass is 303 g/mol. The van der Waals surface area contributed by atoms with Gasteiger partial charge in [0.15, 0.2) is 5.16 Å². The number of alkyl halides is 1. The van der Waals surface area contributed by atoms with Crippen LogP contribution in [0.5, 0.6) is 0 Å². The van der Waals surface area contributed by atoms with Gasteiger partial charge in [0.2, 0.25) is 0 Å². The summed E-state index contributed by atoms with van der Waals surface area (Å²) in [4.78, 5) is 8.79. The number of halogens is 1. The maximum atomic E-state index is 5.86. The lowest BCUT2D eigenvalue weighted by Crippen LogP contribution is -1.96. The van der Waals surface area contributed by atoms with E-state index in [1.807, 2.05) is 42.2 Å². The number of pyridine rings is 1. The number of benzene rings is 1. The zero-order valence-electron chi connectivity index (χ0n) is 11.1. The molecular formula is C15H14ClN3S. The molecule has 0 atom stereocenters. The first-order valence-corrected chi connectivity index (χ1v) is 7.83. The van der Waals surface area contributed by atoms with E-state index in [2.05, 4.69) is 22.1 Å². The molecule has 0 amide bonds. The molecule has 0 aliphatic carbocycles. The van der Waals surface area contributed by atoms with Crippen LogP contribution in [0.3, 0.4) is 0 Å². The highest BCUT2D eigenvalue weighted by Gasteiger charge is 2.08. The summed E-state index contributed by atoms with van der Waals surface area (Å²) in [7, 11) is 2.00. The lowest BCUT2D eigenvalue weighted by Gasteiger charge is -2.06. The number of nitrogens with zero attached hydrogens (tertiary/aromatic N) is 3. The van der Waals surface area contributed by atoms with Crippen LogP contribution in [0.4, 0.5) is 0 Å². The molecule has 0 saturated heterocycles. The van der Waals surface area contributed by atoms with Gasteiger partial charge in [-0.3, -0.25) is 4.98 Å². The van der Waals surface area contributed by atoms with Gasteiger partial charge in [-0.15, -0.1) is 11.6 Å². The third kappa shape index (κ3) is 2.53. The van der Waals surface area contributed by atoms with Crippen LogP contribution in [0, 0.1) is 0 Å². The lowest BCUT2D eigenvalue weighted by molar-refractivity contribution is 0.761. The summed E-state index contributed by atoms with van der Waals surface area (Å²) in [6.45, 7) is 0. The molecule has 2 heterocycles. The lowest BCUT2D eigenvalue weighted by atomic mass is 10.1. The van der Waals surface area contributed by atoms with Crippen LogP contribution in [0.2, 0.25) is 0 Å². The van der Waals surface area contributed by atoms with Crippen LogP contribution in [-0.2, 0) is 18.7 Å². The molecule has 0 fully saturated rings. The van der Waals surface area contributed by atoms with E-state index >= 15 is 0 Å². The molecule has 20 heavy (non-hydrogen) atoms. The molecule has 102 valence electrons. The first kappa shape index (κ1) is 13.5. The Kier molecular flexibility index (Phi) is 3.94. The quantitative estimate of drug-likeness (QED) is 0.539. The fourth-order valence-electron chi connectivity index (χ4n) is 2.11. The van der Waals surface area contributed by atoms with Crippen LogP contribution in [0.1, 0.15) is 11.3 Å². The largest absolute Gasteiger partial charge is 0.325 e. The summed E-state index contributed by atoms with van der Waals surface area (Å²) in [6.07, 6.45) is 3.70. The zero-order chi connectivity index (χ0) is 13.9. The molecule has 3 nitrogen and oxygen atoms in total. The van der Waals surface area contributed by atoms with Crippen molar-refractivity contribution in [3.63, 3.8) is 0 Å². The van der Waals surface area contributed by atoms with Crippen molar-refractivity contribution >= 4 is 34.3 Å². The van der Waals surface area contributed by atoms with Gasteiger partial charge < -0.3 is 4.57 Å². The molecule has 0 spiro atoms. The van der Waals surface area contributed by atoms with Gasteiger partial charge in [-0.25, -0.2) is 4.98 Å². The average molecular weight is 304 g/mol. The highest BCUT2D eigenvalue weighted by atomic mass is 35.5. The van der Waals surface area contributed by atoms with Crippen LogP contribution >= 0.6 is 23.4 Å². The second kappa shape index (κ2) is 5.85. The number of thioether (sulfide) groups is 1. The Morgan fingerprint density at radius 2 is 2.05 bits per heavy atom. The molecule has 5 heteroatoms. The number of imidazole rings is 1. The van der Waals surface area contributed by atoms with Crippen molar-refractivity contribution in [3.8, 4) is 0 Å². The van der Waals surface area contributed by atoms with Crippen LogP contribution in [-0.4, -0.2) is 14.5 Å². The Morgan fingerprint density at radius 3 is 2.85 bits per heavy atom. The van der Waals surface area contributed by atoms with Gasteiger partial charge in [-0.1, -0.05) is 30.0 Å². The Labute approximate surface area is 127 Å².